The number of hydrogen-bond acceptors (Lipinski definition) is 4. The largest absolute Gasteiger partial charge is 0.367 e. The quantitative estimate of drug-likeness (QED) is 0.684. The van der Waals surface area contributed by atoms with Crippen LogP contribution >= 0.6 is 0 Å². The van der Waals surface area contributed by atoms with Crippen LogP contribution in [-0.2, 0) is 22.9 Å². The summed E-state index contributed by atoms with van der Waals surface area (Å²) in [7, 11) is -3.46. The van der Waals surface area contributed by atoms with Crippen molar-refractivity contribution in [2.45, 2.75) is 37.0 Å². The molecule has 1 fully saturated rings. The fourth-order valence-electron chi connectivity index (χ4n) is 4.39. The van der Waals surface area contributed by atoms with Crippen molar-refractivity contribution in [3.05, 3.63) is 59.4 Å². The van der Waals surface area contributed by atoms with Crippen LogP contribution in [-0.4, -0.2) is 52.6 Å². The lowest BCUT2D eigenvalue weighted by atomic mass is 9.92. The Balaban J connectivity index is 1.22. The van der Waals surface area contributed by atoms with E-state index in [1.807, 2.05) is 24.3 Å². The second-order valence-corrected chi connectivity index (χ2v) is 9.94. The number of aryl methyl sites for hydroxylation is 2. The van der Waals surface area contributed by atoms with Gasteiger partial charge in [-0.1, -0.05) is 18.2 Å². The number of nitrogens with zero attached hydrogens (tertiary/aromatic N) is 2. The number of piperazine rings is 1. The molecular weight excluding hydrogens is 401 g/mol. The Hall–Kier alpha value is -1.96. The number of anilines is 1. The van der Waals surface area contributed by atoms with Crippen molar-refractivity contribution < 1.29 is 12.8 Å². The van der Waals surface area contributed by atoms with Crippen LogP contribution in [0.1, 0.15) is 30.4 Å². The van der Waals surface area contributed by atoms with E-state index in [0.717, 1.165) is 58.4 Å². The SMILES string of the molecule is O=S(=O)(NCCCN1CCN(c2ccccc2F)CC1)c1ccc2c(c1)CCCC2. The number of rotatable bonds is 7. The molecule has 1 heterocycles. The first-order valence-corrected chi connectivity index (χ1v) is 12.3. The average molecular weight is 432 g/mol. The Bertz CT molecular complexity index is 972. The average Bonchev–Trinajstić information content (AvgIpc) is 2.77. The van der Waals surface area contributed by atoms with Gasteiger partial charge in [-0.25, -0.2) is 17.5 Å². The number of nitrogens with one attached hydrogen (secondary N) is 1. The second kappa shape index (κ2) is 9.45. The normalized spacial score (nSPS) is 17.7. The summed E-state index contributed by atoms with van der Waals surface area (Å²) >= 11 is 0. The van der Waals surface area contributed by atoms with Crippen LogP contribution in [0.25, 0.3) is 0 Å². The molecule has 0 spiro atoms. The van der Waals surface area contributed by atoms with Crippen molar-refractivity contribution in [3.8, 4) is 0 Å². The van der Waals surface area contributed by atoms with Gasteiger partial charge in [0.1, 0.15) is 5.82 Å². The molecule has 0 atom stereocenters. The zero-order valence-corrected chi connectivity index (χ0v) is 18.1. The van der Waals surface area contributed by atoms with Crippen molar-refractivity contribution in [2.75, 3.05) is 44.2 Å². The molecule has 0 amide bonds. The Morgan fingerprint density at radius 2 is 1.67 bits per heavy atom. The van der Waals surface area contributed by atoms with Crippen LogP contribution in [0.2, 0.25) is 0 Å². The van der Waals surface area contributed by atoms with Crippen LogP contribution in [0.4, 0.5) is 10.1 Å². The van der Waals surface area contributed by atoms with Crippen molar-refractivity contribution in [3.63, 3.8) is 0 Å². The van der Waals surface area contributed by atoms with E-state index in [0.29, 0.717) is 17.1 Å². The van der Waals surface area contributed by atoms with Crippen molar-refractivity contribution in [2.24, 2.45) is 0 Å². The van der Waals surface area contributed by atoms with Crippen LogP contribution in [0, 0.1) is 5.82 Å². The van der Waals surface area contributed by atoms with E-state index in [1.54, 1.807) is 12.1 Å². The van der Waals surface area contributed by atoms with Gasteiger partial charge in [0.15, 0.2) is 0 Å². The summed E-state index contributed by atoms with van der Waals surface area (Å²) in [5.41, 5.74) is 3.13. The van der Waals surface area contributed by atoms with Crippen LogP contribution in [0.15, 0.2) is 47.4 Å². The molecule has 0 saturated carbocycles. The summed E-state index contributed by atoms with van der Waals surface area (Å²) in [6.45, 7) is 4.52. The van der Waals surface area contributed by atoms with Gasteiger partial charge in [0, 0.05) is 32.7 Å². The van der Waals surface area contributed by atoms with Crippen molar-refractivity contribution >= 4 is 15.7 Å². The molecule has 2 aliphatic rings. The number of para-hydroxylation sites is 1. The molecule has 162 valence electrons. The molecule has 5 nitrogen and oxygen atoms in total. The summed E-state index contributed by atoms with van der Waals surface area (Å²) in [4.78, 5) is 4.76. The minimum absolute atomic E-state index is 0.178. The van der Waals surface area contributed by atoms with Gasteiger partial charge in [-0.15, -0.1) is 0 Å². The number of halogens is 1. The van der Waals surface area contributed by atoms with E-state index < -0.39 is 10.0 Å². The number of hydrogen-bond donors (Lipinski definition) is 1. The highest BCUT2D eigenvalue weighted by Gasteiger charge is 2.20. The Labute approximate surface area is 178 Å². The topological polar surface area (TPSA) is 52.7 Å². The Morgan fingerprint density at radius 3 is 2.43 bits per heavy atom. The van der Waals surface area contributed by atoms with Gasteiger partial charge in [0.2, 0.25) is 10.0 Å². The van der Waals surface area contributed by atoms with E-state index in [-0.39, 0.29) is 5.82 Å². The van der Waals surface area contributed by atoms with Crippen LogP contribution in [0.3, 0.4) is 0 Å². The third-order valence-corrected chi connectivity index (χ3v) is 7.60. The van der Waals surface area contributed by atoms with Gasteiger partial charge in [0.25, 0.3) is 0 Å². The van der Waals surface area contributed by atoms with Crippen LogP contribution in [0.5, 0.6) is 0 Å². The van der Waals surface area contributed by atoms with E-state index in [9.17, 15) is 12.8 Å². The molecule has 1 saturated heterocycles. The summed E-state index contributed by atoms with van der Waals surface area (Å²) in [5, 5.41) is 0. The molecule has 2 aromatic rings. The minimum atomic E-state index is -3.46. The lowest BCUT2D eigenvalue weighted by Gasteiger charge is -2.36. The maximum absolute atomic E-state index is 13.9. The predicted octanol–water partition coefficient (Wildman–Crippen LogP) is 3.20. The first kappa shape index (κ1) is 21.3. The Morgan fingerprint density at radius 1 is 0.933 bits per heavy atom. The first-order chi connectivity index (χ1) is 14.5. The molecule has 2 aromatic carbocycles. The van der Waals surface area contributed by atoms with E-state index in [2.05, 4.69) is 14.5 Å². The zero-order chi connectivity index (χ0) is 21.0. The maximum atomic E-state index is 13.9. The highest BCUT2D eigenvalue weighted by Crippen LogP contribution is 2.24. The molecule has 7 heteroatoms. The smallest absolute Gasteiger partial charge is 0.240 e. The van der Waals surface area contributed by atoms with E-state index in [1.165, 1.54) is 23.6 Å². The lowest BCUT2D eigenvalue weighted by Crippen LogP contribution is -2.47. The van der Waals surface area contributed by atoms with Crippen molar-refractivity contribution in [1.29, 1.82) is 0 Å². The fourth-order valence-corrected chi connectivity index (χ4v) is 5.51. The molecule has 1 N–H and O–H groups in total. The van der Waals surface area contributed by atoms with Gasteiger partial charge in [-0.05, 0) is 74.0 Å². The lowest BCUT2D eigenvalue weighted by molar-refractivity contribution is 0.255. The van der Waals surface area contributed by atoms with Gasteiger partial charge in [0.05, 0.1) is 10.6 Å². The molecule has 0 bridgehead atoms. The predicted molar refractivity (Wildman–Crippen MR) is 118 cm³/mol. The molecule has 0 radical (unpaired) electrons. The highest BCUT2D eigenvalue weighted by atomic mass is 32.2. The molecule has 0 aromatic heterocycles. The van der Waals surface area contributed by atoms with E-state index in [4.69, 9.17) is 0 Å². The molecule has 1 aliphatic carbocycles. The van der Waals surface area contributed by atoms with E-state index >= 15 is 0 Å². The fraction of sp³-hybridized carbons (Fsp3) is 0.478. The minimum Gasteiger partial charge on any atom is -0.367 e. The molecular formula is C23H30FN3O2S. The summed E-state index contributed by atoms with van der Waals surface area (Å²) in [5.74, 6) is -0.178. The van der Waals surface area contributed by atoms with Gasteiger partial charge >= 0.3 is 0 Å². The van der Waals surface area contributed by atoms with Gasteiger partial charge < -0.3 is 4.90 Å². The van der Waals surface area contributed by atoms with Crippen molar-refractivity contribution in [1.82, 2.24) is 9.62 Å². The number of benzene rings is 2. The molecule has 30 heavy (non-hydrogen) atoms. The molecule has 1 aliphatic heterocycles. The summed E-state index contributed by atoms with van der Waals surface area (Å²) in [6.07, 6.45) is 5.09. The standard InChI is InChI=1S/C23H30FN3O2S/c24-22-8-3-4-9-23(22)27-16-14-26(15-17-27)13-5-12-25-30(28,29)21-11-10-19-6-1-2-7-20(19)18-21/h3-4,8-11,18,25H,1-2,5-7,12-17H2. The third-order valence-electron chi connectivity index (χ3n) is 6.14. The summed E-state index contributed by atoms with van der Waals surface area (Å²) < 4.78 is 42.0. The van der Waals surface area contributed by atoms with Gasteiger partial charge in [-0.3, -0.25) is 4.90 Å². The highest BCUT2D eigenvalue weighted by molar-refractivity contribution is 7.89. The summed E-state index contributed by atoms with van der Waals surface area (Å²) in [6, 6.07) is 12.4. The zero-order valence-electron chi connectivity index (χ0n) is 17.3. The van der Waals surface area contributed by atoms with Crippen LogP contribution < -0.4 is 9.62 Å². The number of fused-ring (bicyclic) bond motifs is 1. The maximum Gasteiger partial charge on any atom is 0.240 e. The third kappa shape index (κ3) is 5.02. The first-order valence-electron chi connectivity index (χ1n) is 10.9. The Kier molecular flexibility index (Phi) is 6.71. The molecule has 0 unspecified atom stereocenters. The van der Waals surface area contributed by atoms with Gasteiger partial charge in [-0.2, -0.15) is 0 Å². The molecule has 4 rings (SSSR count). The number of sulfonamides is 1. The second-order valence-electron chi connectivity index (χ2n) is 8.17. The monoisotopic (exact) mass is 431 g/mol.